The summed E-state index contributed by atoms with van der Waals surface area (Å²) in [6, 6.07) is 0. The number of allylic oxidation sites excluding steroid dienone is 4. The van der Waals surface area contributed by atoms with E-state index in [-0.39, 0.29) is 11.6 Å². The van der Waals surface area contributed by atoms with Crippen LogP contribution >= 0.6 is 0 Å². The highest BCUT2D eigenvalue weighted by Gasteiger charge is 1.96. The molecule has 0 radical (unpaired) electrons. The molecule has 1 aromatic rings. The van der Waals surface area contributed by atoms with E-state index in [0.717, 1.165) is 5.56 Å². The Kier molecular flexibility index (Phi) is 2.28. The van der Waals surface area contributed by atoms with E-state index in [2.05, 4.69) is 21.8 Å². The fraction of sp³-hybridized carbons (Fsp3) is 0.0909. The summed E-state index contributed by atoms with van der Waals surface area (Å²) in [5.41, 5.74) is 0.370. The van der Waals surface area contributed by atoms with Gasteiger partial charge in [0, 0.05) is 12.4 Å². The van der Waals surface area contributed by atoms with Gasteiger partial charge in [-0.25, -0.2) is 9.78 Å². The van der Waals surface area contributed by atoms with Crippen molar-refractivity contribution >= 4 is 0 Å². The van der Waals surface area contributed by atoms with Crippen LogP contribution in [0.1, 0.15) is 5.56 Å². The Hall–Kier alpha value is -2.08. The Morgan fingerprint density at radius 3 is 2.79 bits per heavy atom. The fourth-order valence-electron chi connectivity index (χ4n) is 1.11. The molecule has 1 heterocycles. The molecular formula is C11H8N2O. The average Bonchev–Trinajstić information content (AvgIpc) is 2.70. The van der Waals surface area contributed by atoms with Crippen molar-refractivity contribution < 1.29 is 0 Å². The van der Waals surface area contributed by atoms with E-state index in [0.29, 0.717) is 0 Å². The quantitative estimate of drug-likeness (QED) is 0.608. The van der Waals surface area contributed by atoms with Gasteiger partial charge in [0.15, 0.2) is 0 Å². The van der Waals surface area contributed by atoms with Crippen LogP contribution in [0.2, 0.25) is 0 Å². The standard InChI is InChI=1S/C11H8N2O/c14-11-12-7-10(8-13-11)6-5-9-3-1-2-4-9/h1-4,7-9H,(H,12,13,14). The number of hydrogen-bond donors (Lipinski definition) is 1. The number of nitrogens with one attached hydrogen (secondary N) is 1. The van der Waals surface area contributed by atoms with Gasteiger partial charge in [0.05, 0.1) is 11.5 Å². The van der Waals surface area contributed by atoms with Gasteiger partial charge in [-0.15, -0.1) is 0 Å². The molecule has 0 spiro atoms. The SMILES string of the molecule is O=c1ncc(C#CC2C=CC=C2)c[nH]1. The fourth-order valence-corrected chi connectivity index (χ4v) is 1.11. The van der Waals surface area contributed by atoms with Crippen molar-refractivity contribution in [2.45, 2.75) is 0 Å². The first-order chi connectivity index (χ1) is 6.84. The Balaban J connectivity index is 2.17. The van der Waals surface area contributed by atoms with Crippen LogP contribution in [-0.2, 0) is 0 Å². The molecule has 0 aromatic carbocycles. The second kappa shape index (κ2) is 3.75. The van der Waals surface area contributed by atoms with E-state index in [1.165, 1.54) is 6.20 Å². The van der Waals surface area contributed by atoms with E-state index in [4.69, 9.17) is 0 Å². The number of rotatable bonds is 0. The normalized spacial score (nSPS) is 14.0. The smallest absolute Gasteiger partial charge is 0.311 e. The summed E-state index contributed by atoms with van der Waals surface area (Å²) in [5.74, 6) is 6.14. The lowest BCUT2D eigenvalue weighted by atomic mass is 10.2. The van der Waals surface area contributed by atoms with Gasteiger partial charge < -0.3 is 4.98 Å². The summed E-state index contributed by atoms with van der Waals surface area (Å²) in [6.07, 6.45) is 11.0. The van der Waals surface area contributed by atoms with Crippen molar-refractivity contribution in [1.29, 1.82) is 0 Å². The van der Waals surface area contributed by atoms with Crippen molar-refractivity contribution in [1.82, 2.24) is 9.97 Å². The maximum atomic E-state index is 10.6. The second-order valence-corrected chi connectivity index (χ2v) is 2.87. The molecule has 1 aromatic heterocycles. The minimum atomic E-state index is -0.351. The largest absolute Gasteiger partial charge is 0.344 e. The van der Waals surface area contributed by atoms with Gasteiger partial charge in [-0.2, -0.15) is 0 Å². The topological polar surface area (TPSA) is 45.8 Å². The third-order valence-corrected chi connectivity index (χ3v) is 1.80. The third kappa shape index (κ3) is 1.99. The van der Waals surface area contributed by atoms with Crippen LogP contribution < -0.4 is 5.69 Å². The number of nitrogens with zero attached hydrogens (tertiary/aromatic N) is 1. The second-order valence-electron chi connectivity index (χ2n) is 2.87. The molecule has 3 heteroatoms. The molecule has 2 rings (SSSR count). The summed E-state index contributed by atoms with van der Waals surface area (Å²) in [4.78, 5) is 16.7. The minimum Gasteiger partial charge on any atom is -0.311 e. The lowest BCUT2D eigenvalue weighted by Gasteiger charge is -1.90. The number of aromatic nitrogens is 2. The van der Waals surface area contributed by atoms with Gasteiger partial charge >= 0.3 is 5.69 Å². The molecule has 1 aliphatic rings. The minimum absolute atomic E-state index is 0.182. The molecular weight excluding hydrogens is 176 g/mol. The summed E-state index contributed by atoms with van der Waals surface area (Å²) in [7, 11) is 0. The third-order valence-electron chi connectivity index (χ3n) is 1.80. The first-order valence-electron chi connectivity index (χ1n) is 4.26. The molecule has 0 aliphatic heterocycles. The molecule has 0 atom stereocenters. The molecule has 0 saturated carbocycles. The van der Waals surface area contributed by atoms with Crippen LogP contribution in [0, 0.1) is 17.8 Å². The Labute approximate surface area is 81.2 Å². The molecule has 0 bridgehead atoms. The van der Waals surface area contributed by atoms with Crippen LogP contribution in [0.25, 0.3) is 0 Å². The van der Waals surface area contributed by atoms with Crippen molar-refractivity contribution in [2.75, 3.05) is 0 Å². The van der Waals surface area contributed by atoms with Crippen LogP contribution in [-0.4, -0.2) is 9.97 Å². The highest BCUT2D eigenvalue weighted by atomic mass is 16.1. The zero-order valence-electron chi connectivity index (χ0n) is 7.40. The Morgan fingerprint density at radius 1 is 1.36 bits per heavy atom. The molecule has 3 nitrogen and oxygen atoms in total. The highest BCUT2D eigenvalue weighted by Crippen LogP contribution is 2.06. The molecule has 68 valence electrons. The lowest BCUT2D eigenvalue weighted by molar-refractivity contribution is 1.07. The maximum Gasteiger partial charge on any atom is 0.344 e. The van der Waals surface area contributed by atoms with Crippen LogP contribution in [0.3, 0.4) is 0 Å². The highest BCUT2D eigenvalue weighted by molar-refractivity contribution is 5.35. The Bertz CT molecular complexity index is 468. The molecule has 1 aliphatic carbocycles. The summed E-state index contributed by atoms with van der Waals surface area (Å²) in [5, 5.41) is 0. The lowest BCUT2D eigenvalue weighted by Crippen LogP contribution is -2.08. The molecule has 1 N–H and O–H groups in total. The molecule has 0 saturated heterocycles. The van der Waals surface area contributed by atoms with Crippen LogP contribution in [0.4, 0.5) is 0 Å². The summed E-state index contributed by atoms with van der Waals surface area (Å²) >= 11 is 0. The van der Waals surface area contributed by atoms with Crippen molar-refractivity contribution in [3.05, 3.63) is 52.7 Å². The van der Waals surface area contributed by atoms with Gasteiger partial charge in [-0.1, -0.05) is 36.1 Å². The Morgan fingerprint density at radius 2 is 2.14 bits per heavy atom. The van der Waals surface area contributed by atoms with Crippen LogP contribution in [0.5, 0.6) is 0 Å². The number of aromatic amines is 1. The van der Waals surface area contributed by atoms with E-state index in [1.54, 1.807) is 6.20 Å². The average molecular weight is 184 g/mol. The van der Waals surface area contributed by atoms with Crippen molar-refractivity contribution in [3.8, 4) is 11.8 Å². The zero-order valence-corrected chi connectivity index (χ0v) is 7.40. The monoisotopic (exact) mass is 184 g/mol. The maximum absolute atomic E-state index is 10.6. The first kappa shape index (κ1) is 8.52. The van der Waals surface area contributed by atoms with Crippen LogP contribution in [0.15, 0.2) is 41.5 Å². The summed E-state index contributed by atoms with van der Waals surface area (Å²) in [6.45, 7) is 0. The predicted octanol–water partition coefficient (Wildman–Crippen LogP) is 0.864. The van der Waals surface area contributed by atoms with Gasteiger partial charge in [-0.05, 0) is 0 Å². The van der Waals surface area contributed by atoms with Gasteiger partial charge in [0.25, 0.3) is 0 Å². The van der Waals surface area contributed by atoms with E-state index < -0.39 is 0 Å². The van der Waals surface area contributed by atoms with Crippen molar-refractivity contribution in [2.24, 2.45) is 5.92 Å². The molecule has 0 fully saturated rings. The predicted molar refractivity (Wildman–Crippen MR) is 53.5 cm³/mol. The van der Waals surface area contributed by atoms with Crippen molar-refractivity contribution in [3.63, 3.8) is 0 Å². The van der Waals surface area contributed by atoms with Gasteiger partial charge in [0.2, 0.25) is 0 Å². The zero-order chi connectivity index (χ0) is 9.80. The van der Waals surface area contributed by atoms with Gasteiger partial charge in [-0.3, -0.25) is 0 Å². The molecule has 0 amide bonds. The number of hydrogen-bond acceptors (Lipinski definition) is 2. The van der Waals surface area contributed by atoms with Gasteiger partial charge in [0.1, 0.15) is 0 Å². The number of H-pyrrole nitrogens is 1. The van der Waals surface area contributed by atoms with E-state index in [9.17, 15) is 4.79 Å². The summed E-state index contributed by atoms with van der Waals surface area (Å²) < 4.78 is 0. The van der Waals surface area contributed by atoms with E-state index in [1.807, 2.05) is 24.3 Å². The van der Waals surface area contributed by atoms with E-state index >= 15 is 0 Å². The molecule has 14 heavy (non-hydrogen) atoms. The molecule has 0 unspecified atom stereocenters. The first-order valence-corrected chi connectivity index (χ1v) is 4.26.